The fraction of sp³-hybridized carbons (Fsp3) is 1.00. The minimum absolute atomic E-state index is 0.118. The van der Waals surface area contributed by atoms with Crippen LogP contribution >= 0.6 is 0 Å². The lowest BCUT2D eigenvalue weighted by molar-refractivity contribution is 0.200. The van der Waals surface area contributed by atoms with E-state index < -0.39 is 0 Å². The second-order valence-corrected chi connectivity index (χ2v) is 6.75. The zero-order valence-corrected chi connectivity index (χ0v) is 14.8. The SMILES string of the molecule is CCCCCC(CC)C(N)(CCCCC)CCCCC. The standard InChI is InChI=1S/C19H41N/c1-5-9-12-15-18(8-4)19(20,16-13-10-6-2)17-14-11-7-3/h18H,5-17,20H2,1-4H3. The summed E-state index contributed by atoms with van der Waals surface area (Å²) in [5.74, 6) is 0.739. The highest BCUT2D eigenvalue weighted by molar-refractivity contribution is 4.90. The lowest BCUT2D eigenvalue weighted by Gasteiger charge is -2.38. The van der Waals surface area contributed by atoms with E-state index in [1.165, 1.54) is 83.5 Å². The predicted octanol–water partition coefficient (Wildman–Crippen LogP) is 6.45. The van der Waals surface area contributed by atoms with Gasteiger partial charge in [0.05, 0.1) is 0 Å². The van der Waals surface area contributed by atoms with Gasteiger partial charge in [-0.05, 0) is 25.2 Å². The highest BCUT2D eigenvalue weighted by atomic mass is 14.8. The largest absolute Gasteiger partial charge is 0.325 e. The zero-order valence-electron chi connectivity index (χ0n) is 14.8. The topological polar surface area (TPSA) is 26.0 Å². The van der Waals surface area contributed by atoms with Crippen molar-refractivity contribution in [2.24, 2.45) is 11.7 Å². The second kappa shape index (κ2) is 12.7. The number of rotatable bonds is 14. The first-order valence-electron chi connectivity index (χ1n) is 9.43. The summed E-state index contributed by atoms with van der Waals surface area (Å²) in [6, 6.07) is 0. The van der Waals surface area contributed by atoms with Gasteiger partial charge in [0, 0.05) is 5.54 Å². The van der Waals surface area contributed by atoms with Crippen LogP contribution in [-0.2, 0) is 0 Å². The van der Waals surface area contributed by atoms with Gasteiger partial charge in [-0.2, -0.15) is 0 Å². The molecule has 0 fully saturated rings. The van der Waals surface area contributed by atoms with Crippen LogP contribution in [0, 0.1) is 5.92 Å². The van der Waals surface area contributed by atoms with Gasteiger partial charge >= 0.3 is 0 Å². The molecule has 0 rings (SSSR count). The van der Waals surface area contributed by atoms with E-state index in [9.17, 15) is 0 Å². The van der Waals surface area contributed by atoms with Crippen LogP contribution in [0.15, 0.2) is 0 Å². The summed E-state index contributed by atoms with van der Waals surface area (Å²) in [7, 11) is 0. The number of nitrogens with two attached hydrogens (primary N) is 1. The van der Waals surface area contributed by atoms with Crippen LogP contribution in [0.5, 0.6) is 0 Å². The number of unbranched alkanes of at least 4 members (excludes halogenated alkanes) is 6. The smallest absolute Gasteiger partial charge is 0.0182 e. The molecule has 0 bridgehead atoms. The molecule has 1 heteroatoms. The van der Waals surface area contributed by atoms with Gasteiger partial charge in [0.2, 0.25) is 0 Å². The molecule has 0 radical (unpaired) electrons. The third-order valence-electron chi connectivity index (χ3n) is 4.95. The highest BCUT2D eigenvalue weighted by Gasteiger charge is 2.32. The Hall–Kier alpha value is -0.0400. The van der Waals surface area contributed by atoms with Crippen molar-refractivity contribution in [3.63, 3.8) is 0 Å². The van der Waals surface area contributed by atoms with Gasteiger partial charge in [0.25, 0.3) is 0 Å². The minimum atomic E-state index is 0.118. The Kier molecular flexibility index (Phi) is 12.7. The van der Waals surface area contributed by atoms with Gasteiger partial charge in [0.15, 0.2) is 0 Å². The molecule has 1 unspecified atom stereocenters. The third kappa shape index (κ3) is 8.29. The van der Waals surface area contributed by atoms with Gasteiger partial charge in [-0.1, -0.05) is 91.9 Å². The van der Waals surface area contributed by atoms with E-state index in [1.54, 1.807) is 0 Å². The second-order valence-electron chi connectivity index (χ2n) is 6.75. The lowest BCUT2D eigenvalue weighted by Crippen LogP contribution is -2.47. The number of hydrogen-bond donors (Lipinski definition) is 1. The van der Waals surface area contributed by atoms with E-state index in [0.717, 1.165) is 5.92 Å². The van der Waals surface area contributed by atoms with Crippen LogP contribution < -0.4 is 5.73 Å². The molecule has 0 amide bonds. The molecule has 1 nitrogen and oxygen atoms in total. The summed E-state index contributed by atoms with van der Waals surface area (Å²) in [4.78, 5) is 0. The highest BCUT2D eigenvalue weighted by Crippen LogP contribution is 2.33. The number of hydrogen-bond acceptors (Lipinski definition) is 1. The van der Waals surface area contributed by atoms with Crippen molar-refractivity contribution in [3.05, 3.63) is 0 Å². The Labute approximate surface area is 129 Å². The fourth-order valence-electron chi connectivity index (χ4n) is 3.48. The molecule has 122 valence electrons. The maximum Gasteiger partial charge on any atom is 0.0182 e. The van der Waals surface area contributed by atoms with Crippen molar-refractivity contribution in [2.75, 3.05) is 0 Å². The molecule has 0 heterocycles. The summed E-state index contributed by atoms with van der Waals surface area (Å²) >= 11 is 0. The molecule has 0 saturated heterocycles. The molecule has 0 aliphatic rings. The van der Waals surface area contributed by atoms with Crippen LogP contribution in [0.4, 0.5) is 0 Å². The molecular formula is C19H41N. The zero-order chi connectivity index (χ0) is 15.3. The van der Waals surface area contributed by atoms with Crippen LogP contribution in [0.1, 0.15) is 111 Å². The van der Waals surface area contributed by atoms with Crippen molar-refractivity contribution in [3.8, 4) is 0 Å². The van der Waals surface area contributed by atoms with Crippen molar-refractivity contribution in [1.29, 1.82) is 0 Å². The third-order valence-corrected chi connectivity index (χ3v) is 4.95. The van der Waals surface area contributed by atoms with E-state index >= 15 is 0 Å². The van der Waals surface area contributed by atoms with Gasteiger partial charge in [-0.15, -0.1) is 0 Å². The van der Waals surface area contributed by atoms with Crippen molar-refractivity contribution in [1.82, 2.24) is 0 Å². The predicted molar refractivity (Wildman–Crippen MR) is 93.1 cm³/mol. The molecule has 2 N–H and O–H groups in total. The first-order valence-corrected chi connectivity index (χ1v) is 9.43. The first-order chi connectivity index (χ1) is 9.64. The summed E-state index contributed by atoms with van der Waals surface area (Å²) in [6.45, 7) is 9.21. The van der Waals surface area contributed by atoms with E-state index in [0.29, 0.717) is 0 Å². The molecule has 20 heavy (non-hydrogen) atoms. The van der Waals surface area contributed by atoms with Gasteiger partial charge in [-0.3, -0.25) is 0 Å². The summed E-state index contributed by atoms with van der Waals surface area (Å²) in [6.07, 6.45) is 17.1. The quantitative estimate of drug-likeness (QED) is 0.364. The Bertz CT molecular complexity index is 190. The maximum absolute atomic E-state index is 6.92. The van der Waals surface area contributed by atoms with Crippen molar-refractivity contribution < 1.29 is 0 Å². The molecule has 0 aromatic carbocycles. The van der Waals surface area contributed by atoms with Gasteiger partial charge in [0.1, 0.15) is 0 Å². The van der Waals surface area contributed by atoms with E-state index in [4.69, 9.17) is 5.73 Å². The van der Waals surface area contributed by atoms with E-state index in [1.807, 2.05) is 0 Å². The summed E-state index contributed by atoms with van der Waals surface area (Å²) in [5.41, 5.74) is 7.03. The fourth-order valence-corrected chi connectivity index (χ4v) is 3.48. The molecular weight excluding hydrogens is 242 g/mol. The molecule has 0 aliphatic carbocycles. The molecule has 1 atom stereocenters. The van der Waals surface area contributed by atoms with Crippen LogP contribution in [0.3, 0.4) is 0 Å². The Morgan fingerprint density at radius 3 is 1.55 bits per heavy atom. The van der Waals surface area contributed by atoms with Crippen LogP contribution in [0.25, 0.3) is 0 Å². The van der Waals surface area contributed by atoms with E-state index in [-0.39, 0.29) is 5.54 Å². The molecule has 0 aliphatic heterocycles. The van der Waals surface area contributed by atoms with Gasteiger partial charge in [-0.25, -0.2) is 0 Å². The van der Waals surface area contributed by atoms with E-state index in [2.05, 4.69) is 27.7 Å². The molecule has 0 spiro atoms. The maximum atomic E-state index is 6.92. The van der Waals surface area contributed by atoms with Crippen LogP contribution in [-0.4, -0.2) is 5.54 Å². The lowest BCUT2D eigenvalue weighted by atomic mass is 9.73. The molecule has 0 saturated carbocycles. The monoisotopic (exact) mass is 283 g/mol. The minimum Gasteiger partial charge on any atom is -0.325 e. The molecule has 0 aromatic rings. The average Bonchev–Trinajstić information content (AvgIpc) is 2.44. The van der Waals surface area contributed by atoms with Crippen molar-refractivity contribution in [2.45, 2.75) is 117 Å². The summed E-state index contributed by atoms with van der Waals surface area (Å²) in [5, 5.41) is 0. The average molecular weight is 284 g/mol. The summed E-state index contributed by atoms with van der Waals surface area (Å²) < 4.78 is 0. The van der Waals surface area contributed by atoms with Crippen molar-refractivity contribution >= 4 is 0 Å². The Morgan fingerprint density at radius 1 is 0.700 bits per heavy atom. The first kappa shape index (κ1) is 20.0. The molecule has 0 aromatic heterocycles. The van der Waals surface area contributed by atoms with Crippen LogP contribution in [0.2, 0.25) is 0 Å². The Morgan fingerprint density at radius 2 is 1.15 bits per heavy atom. The Balaban J connectivity index is 4.48. The van der Waals surface area contributed by atoms with Gasteiger partial charge < -0.3 is 5.73 Å². The normalized spacial score (nSPS) is 13.7.